The molecule has 3 N–H and O–H groups in total. The molecule has 1 aromatic rings. The van der Waals surface area contributed by atoms with Gasteiger partial charge in [-0.2, -0.15) is 0 Å². The highest BCUT2D eigenvalue weighted by atomic mass is 14.9. The summed E-state index contributed by atoms with van der Waals surface area (Å²) in [4.78, 5) is 0. The van der Waals surface area contributed by atoms with Crippen LogP contribution in [0.5, 0.6) is 0 Å². The van der Waals surface area contributed by atoms with E-state index in [9.17, 15) is 0 Å². The molecule has 0 aliphatic rings. The van der Waals surface area contributed by atoms with Gasteiger partial charge >= 0.3 is 0 Å². The monoisotopic (exact) mass is 234 g/mol. The molecular formula is C15H26N2. The molecule has 17 heavy (non-hydrogen) atoms. The van der Waals surface area contributed by atoms with Crippen LogP contribution in [0.1, 0.15) is 45.6 Å². The van der Waals surface area contributed by atoms with Crippen molar-refractivity contribution in [3.8, 4) is 0 Å². The summed E-state index contributed by atoms with van der Waals surface area (Å²) < 4.78 is 0. The number of rotatable bonds is 7. The Labute approximate surface area is 106 Å². The van der Waals surface area contributed by atoms with E-state index in [0.29, 0.717) is 6.04 Å². The molecular weight excluding hydrogens is 208 g/mol. The molecule has 2 nitrogen and oxygen atoms in total. The first-order valence-corrected chi connectivity index (χ1v) is 6.66. The van der Waals surface area contributed by atoms with E-state index >= 15 is 0 Å². The molecule has 0 amide bonds. The fraction of sp³-hybridized carbons (Fsp3) is 0.600. The summed E-state index contributed by atoms with van der Waals surface area (Å²) in [5.74, 6) is 0.812. The Balaban J connectivity index is 2.24. The minimum Gasteiger partial charge on any atom is -0.398 e. The summed E-state index contributed by atoms with van der Waals surface area (Å²) in [5, 5.41) is 3.53. The lowest BCUT2D eigenvalue weighted by atomic mass is 10.0. The van der Waals surface area contributed by atoms with Gasteiger partial charge in [-0.05, 0) is 30.9 Å². The van der Waals surface area contributed by atoms with E-state index < -0.39 is 0 Å². The molecule has 1 unspecified atom stereocenters. The second kappa shape index (κ2) is 7.33. The summed E-state index contributed by atoms with van der Waals surface area (Å²) in [6.07, 6.45) is 3.86. The standard InChI is InChI=1S/C15H26N2/c1-12(2)7-6-8-13(3)17-11-14-9-4-5-10-15(14)16/h4-5,9-10,12-13,17H,6-8,11,16H2,1-3H3. The molecule has 0 aliphatic carbocycles. The van der Waals surface area contributed by atoms with Crippen molar-refractivity contribution in [2.45, 2.75) is 52.6 Å². The van der Waals surface area contributed by atoms with Gasteiger partial charge in [-0.1, -0.05) is 44.9 Å². The summed E-state index contributed by atoms with van der Waals surface area (Å²) in [5.41, 5.74) is 7.99. The number of hydrogen-bond acceptors (Lipinski definition) is 2. The zero-order valence-corrected chi connectivity index (χ0v) is 11.4. The maximum absolute atomic E-state index is 5.91. The topological polar surface area (TPSA) is 38.0 Å². The minimum absolute atomic E-state index is 0.563. The Morgan fingerprint density at radius 1 is 1.12 bits per heavy atom. The second-order valence-electron chi connectivity index (χ2n) is 5.31. The van der Waals surface area contributed by atoms with E-state index in [1.165, 1.54) is 24.8 Å². The molecule has 2 heteroatoms. The highest BCUT2D eigenvalue weighted by molar-refractivity contribution is 5.46. The third kappa shape index (κ3) is 5.73. The van der Waals surface area contributed by atoms with Crippen molar-refractivity contribution in [2.75, 3.05) is 5.73 Å². The Morgan fingerprint density at radius 2 is 1.82 bits per heavy atom. The van der Waals surface area contributed by atoms with Gasteiger partial charge in [0.1, 0.15) is 0 Å². The molecule has 96 valence electrons. The van der Waals surface area contributed by atoms with Crippen LogP contribution in [0.3, 0.4) is 0 Å². The predicted molar refractivity (Wildman–Crippen MR) is 75.8 cm³/mol. The number of hydrogen-bond donors (Lipinski definition) is 2. The van der Waals surface area contributed by atoms with Crippen molar-refractivity contribution < 1.29 is 0 Å². The van der Waals surface area contributed by atoms with Gasteiger partial charge in [0.15, 0.2) is 0 Å². The van der Waals surface area contributed by atoms with Crippen molar-refractivity contribution in [1.82, 2.24) is 5.32 Å². The van der Waals surface area contributed by atoms with Gasteiger partial charge in [0.25, 0.3) is 0 Å². The first-order valence-electron chi connectivity index (χ1n) is 6.66. The Hall–Kier alpha value is -1.02. The number of nitrogens with two attached hydrogens (primary N) is 1. The molecule has 0 aliphatic heterocycles. The molecule has 1 aromatic carbocycles. The van der Waals surface area contributed by atoms with Crippen molar-refractivity contribution >= 4 is 5.69 Å². The van der Waals surface area contributed by atoms with E-state index in [1.54, 1.807) is 0 Å². The Kier molecular flexibility index (Phi) is 6.06. The van der Waals surface area contributed by atoms with Crippen LogP contribution in [0, 0.1) is 5.92 Å². The zero-order valence-electron chi connectivity index (χ0n) is 11.4. The first kappa shape index (κ1) is 14.0. The molecule has 1 rings (SSSR count). The van der Waals surface area contributed by atoms with Crippen LogP contribution >= 0.6 is 0 Å². The lowest BCUT2D eigenvalue weighted by Crippen LogP contribution is -2.25. The van der Waals surface area contributed by atoms with Gasteiger partial charge in [0, 0.05) is 18.3 Å². The van der Waals surface area contributed by atoms with Crippen LogP contribution < -0.4 is 11.1 Å². The molecule has 0 heterocycles. The summed E-state index contributed by atoms with van der Waals surface area (Å²) >= 11 is 0. The van der Waals surface area contributed by atoms with E-state index in [1.807, 2.05) is 18.2 Å². The van der Waals surface area contributed by atoms with Gasteiger partial charge in [-0.25, -0.2) is 0 Å². The average molecular weight is 234 g/mol. The Bertz CT molecular complexity index is 320. The zero-order chi connectivity index (χ0) is 12.7. The van der Waals surface area contributed by atoms with Gasteiger partial charge < -0.3 is 11.1 Å². The van der Waals surface area contributed by atoms with E-state index in [0.717, 1.165) is 18.2 Å². The number of para-hydroxylation sites is 1. The van der Waals surface area contributed by atoms with Crippen molar-refractivity contribution in [1.29, 1.82) is 0 Å². The maximum atomic E-state index is 5.91. The van der Waals surface area contributed by atoms with E-state index in [2.05, 4.69) is 32.2 Å². The fourth-order valence-electron chi connectivity index (χ4n) is 1.91. The first-order chi connectivity index (χ1) is 8.09. The average Bonchev–Trinajstić information content (AvgIpc) is 2.27. The number of nitrogen functional groups attached to an aromatic ring is 1. The number of benzene rings is 1. The molecule has 0 fully saturated rings. The molecule has 0 aromatic heterocycles. The number of anilines is 1. The van der Waals surface area contributed by atoms with Crippen LogP contribution in [0.4, 0.5) is 5.69 Å². The number of nitrogens with one attached hydrogen (secondary N) is 1. The lowest BCUT2D eigenvalue weighted by molar-refractivity contribution is 0.457. The third-order valence-electron chi connectivity index (χ3n) is 3.11. The highest BCUT2D eigenvalue weighted by Gasteiger charge is 2.03. The van der Waals surface area contributed by atoms with E-state index in [-0.39, 0.29) is 0 Å². The minimum atomic E-state index is 0.563. The van der Waals surface area contributed by atoms with Crippen LogP contribution in [0.2, 0.25) is 0 Å². The molecule has 0 saturated carbocycles. The predicted octanol–water partition coefficient (Wildman–Crippen LogP) is 3.57. The molecule has 0 bridgehead atoms. The normalized spacial score (nSPS) is 12.9. The molecule has 1 atom stereocenters. The summed E-state index contributed by atoms with van der Waals surface area (Å²) in [6.45, 7) is 7.68. The quantitative estimate of drug-likeness (QED) is 0.708. The van der Waals surface area contributed by atoms with Crippen LogP contribution in [0.25, 0.3) is 0 Å². The SMILES string of the molecule is CC(C)CCCC(C)NCc1ccccc1N. The maximum Gasteiger partial charge on any atom is 0.0359 e. The summed E-state index contributed by atoms with van der Waals surface area (Å²) in [6, 6.07) is 8.62. The summed E-state index contributed by atoms with van der Waals surface area (Å²) in [7, 11) is 0. The highest BCUT2D eigenvalue weighted by Crippen LogP contribution is 2.12. The Morgan fingerprint density at radius 3 is 2.47 bits per heavy atom. The van der Waals surface area contributed by atoms with Gasteiger partial charge in [0.05, 0.1) is 0 Å². The molecule has 0 spiro atoms. The third-order valence-corrected chi connectivity index (χ3v) is 3.11. The fourth-order valence-corrected chi connectivity index (χ4v) is 1.91. The van der Waals surface area contributed by atoms with Gasteiger partial charge in [-0.15, -0.1) is 0 Å². The van der Waals surface area contributed by atoms with Crippen molar-refractivity contribution in [3.63, 3.8) is 0 Å². The smallest absolute Gasteiger partial charge is 0.0359 e. The van der Waals surface area contributed by atoms with Crippen LogP contribution in [-0.2, 0) is 6.54 Å². The molecule has 0 radical (unpaired) electrons. The van der Waals surface area contributed by atoms with E-state index in [4.69, 9.17) is 5.73 Å². The van der Waals surface area contributed by atoms with Crippen LogP contribution in [-0.4, -0.2) is 6.04 Å². The van der Waals surface area contributed by atoms with Crippen molar-refractivity contribution in [3.05, 3.63) is 29.8 Å². The van der Waals surface area contributed by atoms with Crippen molar-refractivity contribution in [2.24, 2.45) is 5.92 Å². The van der Waals surface area contributed by atoms with Gasteiger partial charge in [0.2, 0.25) is 0 Å². The second-order valence-corrected chi connectivity index (χ2v) is 5.31. The lowest BCUT2D eigenvalue weighted by Gasteiger charge is -2.15. The van der Waals surface area contributed by atoms with Crippen LogP contribution in [0.15, 0.2) is 24.3 Å². The molecule has 0 saturated heterocycles. The largest absolute Gasteiger partial charge is 0.398 e. The van der Waals surface area contributed by atoms with Gasteiger partial charge in [-0.3, -0.25) is 0 Å².